The summed E-state index contributed by atoms with van der Waals surface area (Å²) >= 11 is 2.91. The Morgan fingerprint density at radius 1 is 1.26 bits per heavy atom. The van der Waals surface area contributed by atoms with Crippen LogP contribution in [0.25, 0.3) is 16.3 Å². The first-order valence-electron chi connectivity index (χ1n) is 9.02. The highest BCUT2D eigenvalue weighted by Crippen LogP contribution is 2.22. The van der Waals surface area contributed by atoms with Crippen LogP contribution in [0.4, 0.5) is 5.69 Å². The van der Waals surface area contributed by atoms with Gasteiger partial charge in [-0.05, 0) is 48.2 Å². The monoisotopic (exact) mass is 477 g/mol. The minimum absolute atomic E-state index is 0.0262. The second kappa shape index (κ2) is 9.58. The number of benzene rings is 2. The predicted octanol–water partition coefficient (Wildman–Crippen LogP) is 3.52. The minimum Gasteiger partial charge on any atom is -0.316 e. The van der Waals surface area contributed by atoms with Crippen LogP contribution in [-0.2, 0) is 21.2 Å². The van der Waals surface area contributed by atoms with Gasteiger partial charge in [0.25, 0.3) is 11.6 Å². The van der Waals surface area contributed by atoms with Crippen molar-refractivity contribution in [1.29, 1.82) is 0 Å². The Kier molecular flexibility index (Phi) is 7.08. The Bertz CT molecular complexity index is 1340. The molecule has 0 aliphatic rings. The number of sulfone groups is 1. The zero-order valence-corrected chi connectivity index (χ0v) is 19.2. The largest absolute Gasteiger partial charge is 0.316 e. The lowest BCUT2D eigenvalue weighted by Crippen LogP contribution is -2.17. The van der Waals surface area contributed by atoms with Crippen molar-refractivity contribution in [1.82, 2.24) is 4.57 Å². The zero-order valence-electron chi connectivity index (χ0n) is 16.7. The molecule has 1 aromatic heterocycles. The van der Waals surface area contributed by atoms with Gasteiger partial charge in [-0.25, -0.2) is 8.42 Å². The van der Waals surface area contributed by atoms with E-state index in [-0.39, 0.29) is 10.6 Å². The first-order valence-corrected chi connectivity index (χ1v) is 13.1. The van der Waals surface area contributed by atoms with Crippen molar-refractivity contribution in [3.05, 3.63) is 69.0 Å². The van der Waals surface area contributed by atoms with Crippen molar-refractivity contribution in [2.75, 3.05) is 18.3 Å². The van der Waals surface area contributed by atoms with Crippen molar-refractivity contribution in [2.45, 2.75) is 11.4 Å². The van der Waals surface area contributed by atoms with Crippen molar-refractivity contribution in [2.24, 2.45) is 4.99 Å². The van der Waals surface area contributed by atoms with Gasteiger partial charge in [-0.2, -0.15) is 16.8 Å². The van der Waals surface area contributed by atoms with E-state index in [4.69, 9.17) is 0 Å². The van der Waals surface area contributed by atoms with Crippen LogP contribution in [0.3, 0.4) is 0 Å². The van der Waals surface area contributed by atoms with Gasteiger partial charge in [-0.15, -0.1) is 0 Å². The SMILES string of the molecule is CSCCn1c(=NC(=O)C=Cc2ccc([N+](=O)[O-])cc2)sc2cc(S(C)(=O)=O)ccc21. The summed E-state index contributed by atoms with van der Waals surface area (Å²) in [5, 5.41) is 10.7. The van der Waals surface area contributed by atoms with Crippen molar-refractivity contribution in [3.8, 4) is 0 Å². The number of carbonyl (C=O) groups is 1. The van der Waals surface area contributed by atoms with Crippen LogP contribution in [0.1, 0.15) is 5.56 Å². The number of rotatable bonds is 7. The van der Waals surface area contributed by atoms with Gasteiger partial charge in [-0.3, -0.25) is 14.9 Å². The third-order valence-corrected chi connectivity index (χ3v) is 7.07. The Morgan fingerprint density at radius 3 is 2.58 bits per heavy atom. The molecule has 1 amide bonds. The summed E-state index contributed by atoms with van der Waals surface area (Å²) in [5.41, 5.74) is 1.43. The Labute approximate surface area is 187 Å². The summed E-state index contributed by atoms with van der Waals surface area (Å²) in [6.45, 7) is 0.623. The summed E-state index contributed by atoms with van der Waals surface area (Å²) in [4.78, 5) is 27.5. The second-order valence-electron chi connectivity index (χ2n) is 6.56. The van der Waals surface area contributed by atoms with Gasteiger partial charge in [0.1, 0.15) is 0 Å². The molecule has 0 radical (unpaired) electrons. The number of non-ortho nitro benzene ring substituents is 1. The van der Waals surface area contributed by atoms with Crippen LogP contribution in [0.5, 0.6) is 0 Å². The van der Waals surface area contributed by atoms with E-state index in [1.165, 1.54) is 35.6 Å². The number of aromatic nitrogens is 1. The number of carbonyl (C=O) groups excluding carboxylic acids is 1. The number of amides is 1. The molecule has 0 aliphatic heterocycles. The molecular formula is C20H19N3O5S3. The molecule has 0 bridgehead atoms. The van der Waals surface area contributed by atoms with Gasteiger partial charge in [0.15, 0.2) is 14.6 Å². The number of aryl methyl sites for hydroxylation is 1. The molecule has 8 nitrogen and oxygen atoms in total. The summed E-state index contributed by atoms with van der Waals surface area (Å²) in [6, 6.07) is 10.7. The molecule has 31 heavy (non-hydrogen) atoms. The molecule has 162 valence electrons. The van der Waals surface area contributed by atoms with E-state index in [0.29, 0.717) is 16.9 Å². The molecule has 0 fully saturated rings. The summed E-state index contributed by atoms with van der Waals surface area (Å²) < 4.78 is 26.4. The highest BCUT2D eigenvalue weighted by molar-refractivity contribution is 7.98. The molecular weight excluding hydrogens is 458 g/mol. The van der Waals surface area contributed by atoms with Gasteiger partial charge in [0.05, 0.1) is 20.0 Å². The van der Waals surface area contributed by atoms with Crippen LogP contribution < -0.4 is 4.80 Å². The Balaban J connectivity index is 1.96. The van der Waals surface area contributed by atoms with Crippen LogP contribution in [0, 0.1) is 10.1 Å². The molecule has 1 heterocycles. The van der Waals surface area contributed by atoms with Gasteiger partial charge < -0.3 is 4.57 Å². The first-order chi connectivity index (χ1) is 14.7. The Hall–Kier alpha value is -2.76. The van der Waals surface area contributed by atoms with Crippen LogP contribution in [0.2, 0.25) is 0 Å². The highest BCUT2D eigenvalue weighted by Gasteiger charge is 2.12. The lowest BCUT2D eigenvalue weighted by molar-refractivity contribution is -0.384. The Morgan fingerprint density at radius 2 is 1.97 bits per heavy atom. The maximum atomic E-state index is 12.4. The van der Waals surface area contributed by atoms with E-state index < -0.39 is 20.7 Å². The maximum Gasteiger partial charge on any atom is 0.272 e. The quantitative estimate of drug-likeness (QED) is 0.292. The average molecular weight is 478 g/mol. The normalized spacial score (nSPS) is 12.6. The number of hydrogen-bond acceptors (Lipinski definition) is 7. The molecule has 0 atom stereocenters. The molecule has 3 rings (SSSR count). The number of fused-ring (bicyclic) bond motifs is 1. The molecule has 3 aromatic rings. The fraction of sp³-hybridized carbons (Fsp3) is 0.200. The van der Waals surface area contributed by atoms with Gasteiger partial charge in [0, 0.05) is 36.8 Å². The van der Waals surface area contributed by atoms with Crippen molar-refractivity contribution in [3.63, 3.8) is 0 Å². The van der Waals surface area contributed by atoms with E-state index >= 15 is 0 Å². The molecule has 0 spiro atoms. The van der Waals surface area contributed by atoms with E-state index in [9.17, 15) is 23.3 Å². The molecule has 0 unspecified atom stereocenters. The van der Waals surface area contributed by atoms with Crippen LogP contribution >= 0.6 is 23.1 Å². The third-order valence-electron chi connectivity index (χ3n) is 4.33. The first kappa shape index (κ1) is 22.9. The molecule has 11 heteroatoms. The van der Waals surface area contributed by atoms with Crippen LogP contribution in [-0.4, -0.2) is 42.1 Å². The summed E-state index contributed by atoms with van der Waals surface area (Å²) in [5.74, 6) is 0.325. The lowest BCUT2D eigenvalue weighted by Gasteiger charge is -2.04. The molecule has 0 saturated carbocycles. The van der Waals surface area contributed by atoms with E-state index in [1.54, 1.807) is 42.1 Å². The molecule has 0 aliphatic carbocycles. The number of nitro benzene ring substituents is 1. The topological polar surface area (TPSA) is 112 Å². The second-order valence-corrected chi connectivity index (χ2v) is 10.6. The smallest absolute Gasteiger partial charge is 0.272 e. The predicted molar refractivity (Wildman–Crippen MR) is 124 cm³/mol. The van der Waals surface area contributed by atoms with Crippen molar-refractivity contribution >= 4 is 60.8 Å². The van der Waals surface area contributed by atoms with Gasteiger partial charge in [0.2, 0.25) is 0 Å². The standard InChI is InChI=1S/C20H19N3O5S3/c1-29-12-11-22-17-9-8-16(31(2,27)28)13-18(17)30-20(22)21-19(24)10-5-14-3-6-15(7-4-14)23(25)26/h3-10,13H,11-12H2,1-2H3. The van der Waals surface area contributed by atoms with E-state index in [0.717, 1.165) is 22.2 Å². The number of nitrogens with zero attached hydrogens (tertiary/aromatic N) is 3. The lowest BCUT2D eigenvalue weighted by atomic mass is 10.2. The van der Waals surface area contributed by atoms with E-state index in [2.05, 4.69) is 4.99 Å². The van der Waals surface area contributed by atoms with Gasteiger partial charge >= 0.3 is 0 Å². The number of thiazole rings is 1. The highest BCUT2D eigenvalue weighted by atomic mass is 32.2. The number of hydrogen-bond donors (Lipinski definition) is 0. The average Bonchev–Trinajstić information content (AvgIpc) is 3.06. The van der Waals surface area contributed by atoms with Crippen molar-refractivity contribution < 1.29 is 18.1 Å². The zero-order chi connectivity index (χ0) is 22.6. The maximum absolute atomic E-state index is 12.4. The summed E-state index contributed by atoms with van der Waals surface area (Å²) in [7, 11) is -3.34. The van der Waals surface area contributed by atoms with E-state index in [1.807, 2.05) is 10.8 Å². The fourth-order valence-corrected chi connectivity index (χ4v) is 4.96. The number of nitro groups is 1. The molecule has 0 saturated heterocycles. The van der Waals surface area contributed by atoms with Crippen LogP contribution in [0.15, 0.2) is 58.4 Å². The minimum atomic E-state index is -3.34. The number of thioether (sulfide) groups is 1. The van der Waals surface area contributed by atoms with Gasteiger partial charge in [-0.1, -0.05) is 11.3 Å². The third kappa shape index (κ3) is 5.69. The molecule has 2 aromatic carbocycles. The summed E-state index contributed by atoms with van der Waals surface area (Å²) in [6.07, 6.45) is 5.97. The fourth-order valence-electron chi connectivity index (χ4n) is 2.77. The molecule has 0 N–H and O–H groups in total.